The van der Waals surface area contributed by atoms with Crippen LogP contribution in [-0.4, -0.2) is 38.1 Å². The van der Waals surface area contributed by atoms with Gasteiger partial charge in [0.25, 0.3) is 0 Å². The zero-order valence-corrected chi connectivity index (χ0v) is 15.8. The number of halogens is 1. The zero-order valence-electron chi connectivity index (χ0n) is 14.2. The number of sulfonamides is 1. The Morgan fingerprint density at radius 2 is 1.73 bits per heavy atom. The van der Waals surface area contributed by atoms with Crippen LogP contribution >= 0.6 is 11.6 Å². The molecule has 2 N–H and O–H groups in total. The van der Waals surface area contributed by atoms with Crippen LogP contribution in [0.15, 0.2) is 53.4 Å². The number of carbonyl (C=O) groups is 2. The number of amides is 2. The van der Waals surface area contributed by atoms with Crippen molar-refractivity contribution in [2.75, 3.05) is 24.2 Å². The standard InChI is InChI=1S/C17H18ClN3O4S/c1-12(22)19-16-9-8-13(10-15(16)18)20-17(23)11-21(2)26(24,25)14-6-4-3-5-7-14/h3-10H,11H2,1-2H3,(H,19,22)(H,20,23). The third-order valence-corrected chi connectivity index (χ3v) is 5.51. The molecule has 9 heteroatoms. The summed E-state index contributed by atoms with van der Waals surface area (Å²) < 4.78 is 25.8. The van der Waals surface area contributed by atoms with E-state index in [0.29, 0.717) is 11.4 Å². The Morgan fingerprint density at radius 1 is 1.08 bits per heavy atom. The highest BCUT2D eigenvalue weighted by Gasteiger charge is 2.22. The van der Waals surface area contributed by atoms with Crippen molar-refractivity contribution in [1.82, 2.24) is 4.31 Å². The third-order valence-electron chi connectivity index (χ3n) is 3.38. The van der Waals surface area contributed by atoms with Crippen LogP contribution in [0.3, 0.4) is 0 Å². The van der Waals surface area contributed by atoms with Crippen molar-refractivity contribution in [3.05, 3.63) is 53.6 Å². The van der Waals surface area contributed by atoms with Crippen LogP contribution in [0.25, 0.3) is 0 Å². The van der Waals surface area contributed by atoms with E-state index in [0.717, 1.165) is 4.31 Å². The molecule has 2 rings (SSSR count). The third kappa shape index (κ3) is 5.04. The van der Waals surface area contributed by atoms with Crippen LogP contribution in [0.1, 0.15) is 6.92 Å². The van der Waals surface area contributed by atoms with Gasteiger partial charge in [-0.3, -0.25) is 9.59 Å². The summed E-state index contributed by atoms with van der Waals surface area (Å²) >= 11 is 6.04. The SMILES string of the molecule is CC(=O)Nc1ccc(NC(=O)CN(C)S(=O)(=O)c2ccccc2)cc1Cl. The van der Waals surface area contributed by atoms with Crippen molar-refractivity contribution >= 4 is 44.8 Å². The van der Waals surface area contributed by atoms with E-state index in [1.165, 1.54) is 32.2 Å². The van der Waals surface area contributed by atoms with Gasteiger partial charge in [0, 0.05) is 19.7 Å². The largest absolute Gasteiger partial charge is 0.325 e. The number of nitrogens with zero attached hydrogens (tertiary/aromatic N) is 1. The molecular weight excluding hydrogens is 378 g/mol. The number of nitrogens with one attached hydrogen (secondary N) is 2. The van der Waals surface area contributed by atoms with E-state index in [2.05, 4.69) is 10.6 Å². The molecule has 7 nitrogen and oxygen atoms in total. The Kier molecular flexibility index (Phi) is 6.36. The predicted molar refractivity (Wildman–Crippen MR) is 101 cm³/mol. The minimum absolute atomic E-state index is 0.109. The van der Waals surface area contributed by atoms with Gasteiger partial charge in [-0.25, -0.2) is 8.42 Å². The Bertz CT molecular complexity index is 917. The van der Waals surface area contributed by atoms with Crippen molar-refractivity contribution in [1.29, 1.82) is 0 Å². The lowest BCUT2D eigenvalue weighted by Gasteiger charge is -2.17. The number of likely N-dealkylation sites (N-methyl/N-ethyl adjacent to an activating group) is 1. The molecule has 0 aliphatic heterocycles. The molecule has 26 heavy (non-hydrogen) atoms. The maximum absolute atomic E-state index is 12.4. The number of hydrogen-bond acceptors (Lipinski definition) is 4. The maximum Gasteiger partial charge on any atom is 0.243 e. The molecule has 0 aromatic heterocycles. The van der Waals surface area contributed by atoms with Gasteiger partial charge in [-0.1, -0.05) is 29.8 Å². The van der Waals surface area contributed by atoms with Crippen LogP contribution in [0.5, 0.6) is 0 Å². The first-order valence-electron chi connectivity index (χ1n) is 7.58. The summed E-state index contributed by atoms with van der Waals surface area (Å²) in [5, 5.41) is 5.38. The van der Waals surface area contributed by atoms with Gasteiger partial charge in [-0.15, -0.1) is 0 Å². The summed E-state index contributed by atoms with van der Waals surface area (Å²) in [5.41, 5.74) is 0.806. The van der Waals surface area contributed by atoms with E-state index in [4.69, 9.17) is 11.6 Å². The molecule has 0 fully saturated rings. The van der Waals surface area contributed by atoms with Crippen LogP contribution in [0.4, 0.5) is 11.4 Å². The molecule has 0 atom stereocenters. The topological polar surface area (TPSA) is 95.6 Å². The molecule has 138 valence electrons. The predicted octanol–water partition coefficient (Wildman–Crippen LogP) is 2.56. The number of carbonyl (C=O) groups excluding carboxylic acids is 2. The molecule has 0 aliphatic rings. The first kappa shape index (κ1) is 19.9. The van der Waals surface area contributed by atoms with E-state index in [9.17, 15) is 18.0 Å². The molecule has 2 aromatic carbocycles. The average Bonchev–Trinajstić information content (AvgIpc) is 2.57. The summed E-state index contributed by atoms with van der Waals surface area (Å²) in [4.78, 5) is 23.3. The number of hydrogen-bond donors (Lipinski definition) is 2. The fourth-order valence-corrected chi connectivity index (χ4v) is 3.52. The quantitative estimate of drug-likeness (QED) is 0.785. The normalized spacial score (nSPS) is 11.2. The van der Waals surface area contributed by atoms with Crippen molar-refractivity contribution in [3.63, 3.8) is 0 Å². The molecule has 0 saturated carbocycles. The average molecular weight is 396 g/mol. The molecular formula is C17H18ClN3O4S. The van der Waals surface area contributed by atoms with Gasteiger partial charge in [0.1, 0.15) is 0 Å². The molecule has 0 saturated heterocycles. The number of rotatable bonds is 6. The van der Waals surface area contributed by atoms with Crippen LogP contribution in [0, 0.1) is 0 Å². The minimum Gasteiger partial charge on any atom is -0.325 e. The van der Waals surface area contributed by atoms with Gasteiger partial charge >= 0.3 is 0 Å². The summed E-state index contributed by atoms with van der Waals surface area (Å²) in [6, 6.07) is 12.4. The second-order valence-corrected chi connectivity index (χ2v) is 7.95. The lowest BCUT2D eigenvalue weighted by atomic mass is 10.2. The van der Waals surface area contributed by atoms with Gasteiger partial charge in [-0.2, -0.15) is 4.31 Å². The molecule has 0 heterocycles. The smallest absolute Gasteiger partial charge is 0.243 e. The second kappa shape index (κ2) is 8.31. The molecule has 0 unspecified atom stereocenters. The number of benzene rings is 2. The summed E-state index contributed by atoms with van der Waals surface area (Å²) in [6.45, 7) is 0.997. The lowest BCUT2D eigenvalue weighted by Crippen LogP contribution is -2.34. The fourth-order valence-electron chi connectivity index (χ4n) is 2.14. The van der Waals surface area contributed by atoms with Gasteiger partial charge in [0.05, 0.1) is 22.2 Å². The van der Waals surface area contributed by atoms with Crippen molar-refractivity contribution < 1.29 is 18.0 Å². The van der Waals surface area contributed by atoms with E-state index in [-0.39, 0.29) is 22.4 Å². The van der Waals surface area contributed by atoms with Crippen molar-refractivity contribution in [2.45, 2.75) is 11.8 Å². The first-order valence-corrected chi connectivity index (χ1v) is 9.40. The first-order chi connectivity index (χ1) is 12.2. The van der Waals surface area contributed by atoms with E-state index < -0.39 is 15.9 Å². The Hall–Kier alpha value is -2.42. The van der Waals surface area contributed by atoms with Gasteiger partial charge in [0.15, 0.2) is 0 Å². The molecule has 2 aromatic rings. The van der Waals surface area contributed by atoms with E-state index in [1.54, 1.807) is 30.3 Å². The minimum atomic E-state index is -3.76. The molecule has 0 spiro atoms. The van der Waals surface area contributed by atoms with Crippen LogP contribution < -0.4 is 10.6 Å². The summed E-state index contributed by atoms with van der Waals surface area (Å²) in [7, 11) is -2.43. The lowest BCUT2D eigenvalue weighted by molar-refractivity contribution is -0.116. The van der Waals surface area contributed by atoms with Gasteiger partial charge in [0.2, 0.25) is 21.8 Å². The molecule has 2 amide bonds. The summed E-state index contributed by atoms with van der Waals surface area (Å²) in [5.74, 6) is -0.785. The number of anilines is 2. The highest BCUT2D eigenvalue weighted by atomic mass is 35.5. The van der Waals surface area contributed by atoms with Crippen LogP contribution in [0.2, 0.25) is 5.02 Å². The molecule has 0 bridgehead atoms. The monoisotopic (exact) mass is 395 g/mol. The van der Waals surface area contributed by atoms with Gasteiger partial charge in [-0.05, 0) is 30.3 Å². The van der Waals surface area contributed by atoms with E-state index >= 15 is 0 Å². The molecule has 0 radical (unpaired) electrons. The Morgan fingerprint density at radius 3 is 2.31 bits per heavy atom. The van der Waals surface area contributed by atoms with Gasteiger partial charge < -0.3 is 10.6 Å². The second-order valence-electron chi connectivity index (χ2n) is 5.50. The zero-order chi connectivity index (χ0) is 19.3. The molecule has 0 aliphatic carbocycles. The Labute approximate surface area is 157 Å². The Balaban J connectivity index is 2.04. The summed E-state index contributed by atoms with van der Waals surface area (Å²) in [6.07, 6.45) is 0. The maximum atomic E-state index is 12.4. The van der Waals surface area contributed by atoms with E-state index in [1.807, 2.05) is 0 Å². The highest BCUT2D eigenvalue weighted by Crippen LogP contribution is 2.25. The van der Waals surface area contributed by atoms with Crippen molar-refractivity contribution in [3.8, 4) is 0 Å². The van der Waals surface area contributed by atoms with Crippen molar-refractivity contribution in [2.24, 2.45) is 0 Å². The highest BCUT2D eigenvalue weighted by molar-refractivity contribution is 7.89. The fraction of sp³-hybridized carbons (Fsp3) is 0.176. The van der Waals surface area contributed by atoms with Crippen LogP contribution in [-0.2, 0) is 19.6 Å².